The predicted molar refractivity (Wildman–Crippen MR) is 133 cm³/mol. The van der Waals surface area contributed by atoms with Crippen molar-refractivity contribution in [3.05, 3.63) is 68.9 Å². The molecule has 0 spiro atoms. The lowest BCUT2D eigenvalue weighted by Crippen LogP contribution is -2.60. The summed E-state index contributed by atoms with van der Waals surface area (Å²) < 4.78 is 7.08. The molecule has 2 aromatic carbocycles. The van der Waals surface area contributed by atoms with Crippen molar-refractivity contribution >= 4 is 39.8 Å². The standard InChI is InChI=1S/C25H29Cl2N3O2/c1-2-30(15-12-29(13-16-30)23-7-5-6-21(26)25(23)27)14-3-4-17-32-20-10-8-19-9-11-24(31)28-22(19)18-20/h5-11,18H,2-4,12-17H2,1H3/p+1. The van der Waals surface area contributed by atoms with Crippen LogP contribution in [-0.2, 0) is 0 Å². The molecule has 0 radical (unpaired) electrons. The first-order valence-electron chi connectivity index (χ1n) is 11.3. The molecule has 1 fully saturated rings. The summed E-state index contributed by atoms with van der Waals surface area (Å²) in [6.07, 6.45) is 2.13. The average Bonchev–Trinajstić information content (AvgIpc) is 2.81. The summed E-state index contributed by atoms with van der Waals surface area (Å²) in [5, 5.41) is 2.27. The summed E-state index contributed by atoms with van der Waals surface area (Å²) >= 11 is 12.6. The maximum absolute atomic E-state index is 11.5. The number of aromatic nitrogens is 1. The molecule has 3 aromatic rings. The number of nitrogens with one attached hydrogen (secondary N) is 1. The molecule has 32 heavy (non-hydrogen) atoms. The van der Waals surface area contributed by atoms with Gasteiger partial charge in [0.05, 0.1) is 67.1 Å². The van der Waals surface area contributed by atoms with Crippen LogP contribution in [0.1, 0.15) is 19.8 Å². The third kappa shape index (κ3) is 5.22. The molecule has 0 aliphatic carbocycles. The third-order valence-corrected chi connectivity index (χ3v) is 7.43. The highest BCUT2D eigenvalue weighted by atomic mass is 35.5. The van der Waals surface area contributed by atoms with Crippen molar-refractivity contribution in [2.45, 2.75) is 19.8 Å². The molecule has 0 atom stereocenters. The molecule has 5 nitrogen and oxygen atoms in total. The Morgan fingerprint density at radius 3 is 2.62 bits per heavy atom. The molecule has 1 saturated heterocycles. The van der Waals surface area contributed by atoms with Crippen LogP contribution in [0.2, 0.25) is 10.0 Å². The summed E-state index contributed by atoms with van der Waals surface area (Å²) in [4.78, 5) is 16.7. The molecule has 7 heteroatoms. The van der Waals surface area contributed by atoms with E-state index in [1.807, 2.05) is 36.4 Å². The number of benzene rings is 2. The van der Waals surface area contributed by atoms with E-state index >= 15 is 0 Å². The minimum atomic E-state index is -0.0963. The van der Waals surface area contributed by atoms with Crippen molar-refractivity contribution in [1.82, 2.24) is 4.98 Å². The van der Waals surface area contributed by atoms with Gasteiger partial charge in [-0.1, -0.05) is 29.3 Å². The summed E-state index contributed by atoms with van der Waals surface area (Å²) in [6, 6.07) is 15.1. The van der Waals surface area contributed by atoms with Gasteiger partial charge in [-0.25, -0.2) is 0 Å². The lowest BCUT2D eigenvalue weighted by Gasteiger charge is -2.45. The van der Waals surface area contributed by atoms with Crippen LogP contribution < -0.4 is 15.2 Å². The monoisotopic (exact) mass is 474 g/mol. The Labute approximate surface area is 199 Å². The lowest BCUT2D eigenvalue weighted by molar-refractivity contribution is -0.927. The van der Waals surface area contributed by atoms with Crippen molar-refractivity contribution in [3.8, 4) is 5.75 Å². The molecule has 0 unspecified atom stereocenters. The Morgan fingerprint density at radius 1 is 1.06 bits per heavy atom. The number of anilines is 1. The van der Waals surface area contributed by atoms with E-state index in [4.69, 9.17) is 27.9 Å². The van der Waals surface area contributed by atoms with Gasteiger partial charge in [-0.05, 0) is 55.5 Å². The van der Waals surface area contributed by atoms with Crippen molar-refractivity contribution in [3.63, 3.8) is 0 Å². The van der Waals surface area contributed by atoms with Crippen molar-refractivity contribution in [2.75, 3.05) is 50.8 Å². The summed E-state index contributed by atoms with van der Waals surface area (Å²) in [5.74, 6) is 0.797. The van der Waals surface area contributed by atoms with Crippen LogP contribution in [-0.4, -0.2) is 55.3 Å². The Morgan fingerprint density at radius 2 is 1.84 bits per heavy atom. The molecule has 1 aromatic heterocycles. The summed E-state index contributed by atoms with van der Waals surface area (Å²) in [5.41, 5.74) is 1.75. The molecular weight excluding hydrogens is 445 g/mol. The van der Waals surface area contributed by atoms with E-state index in [-0.39, 0.29) is 5.56 Å². The van der Waals surface area contributed by atoms with Gasteiger partial charge in [-0.3, -0.25) is 4.79 Å². The number of quaternary nitrogens is 1. The van der Waals surface area contributed by atoms with Crippen LogP contribution in [0.3, 0.4) is 0 Å². The first-order chi connectivity index (χ1) is 15.5. The maximum Gasteiger partial charge on any atom is 0.248 e. The van der Waals surface area contributed by atoms with E-state index in [9.17, 15) is 4.79 Å². The molecule has 4 rings (SSSR count). The van der Waals surface area contributed by atoms with Crippen LogP contribution in [0.25, 0.3) is 10.9 Å². The number of piperazine rings is 1. The average molecular weight is 475 g/mol. The highest BCUT2D eigenvalue weighted by Crippen LogP contribution is 2.33. The van der Waals surface area contributed by atoms with Crippen LogP contribution in [0.4, 0.5) is 5.69 Å². The minimum Gasteiger partial charge on any atom is -0.494 e. The van der Waals surface area contributed by atoms with Crippen LogP contribution in [0.5, 0.6) is 5.75 Å². The van der Waals surface area contributed by atoms with Crippen LogP contribution in [0.15, 0.2) is 53.3 Å². The van der Waals surface area contributed by atoms with Gasteiger partial charge >= 0.3 is 0 Å². The summed E-state index contributed by atoms with van der Waals surface area (Å²) in [7, 11) is 0. The zero-order chi connectivity index (χ0) is 22.6. The van der Waals surface area contributed by atoms with Gasteiger partial charge in [0, 0.05) is 12.1 Å². The van der Waals surface area contributed by atoms with Crippen LogP contribution in [0, 0.1) is 0 Å². The van der Waals surface area contributed by atoms with Gasteiger partial charge in [-0.15, -0.1) is 0 Å². The lowest BCUT2D eigenvalue weighted by atomic mass is 10.1. The SMILES string of the molecule is CC[N+]1(CCCCOc2ccc3ccc(=O)[nH]c3c2)CCN(c2cccc(Cl)c2Cl)CC1. The van der Waals surface area contributed by atoms with Crippen LogP contribution >= 0.6 is 23.2 Å². The Bertz CT molecular complexity index is 1120. The largest absolute Gasteiger partial charge is 0.494 e. The number of unbranched alkanes of at least 4 members (excludes halogenated alkanes) is 1. The quantitative estimate of drug-likeness (QED) is 0.353. The molecule has 0 saturated carbocycles. The fourth-order valence-electron chi connectivity index (χ4n) is 4.52. The molecule has 0 bridgehead atoms. The van der Waals surface area contributed by atoms with E-state index in [1.165, 1.54) is 0 Å². The van der Waals surface area contributed by atoms with E-state index in [0.29, 0.717) is 16.7 Å². The highest BCUT2D eigenvalue weighted by Gasteiger charge is 2.31. The molecular formula is C25H30Cl2N3O2+. The zero-order valence-electron chi connectivity index (χ0n) is 18.4. The van der Waals surface area contributed by atoms with E-state index in [2.05, 4.69) is 22.9 Å². The highest BCUT2D eigenvalue weighted by molar-refractivity contribution is 6.43. The molecule has 1 aliphatic heterocycles. The Balaban J connectivity index is 1.25. The molecule has 0 amide bonds. The molecule has 170 valence electrons. The van der Waals surface area contributed by atoms with Gasteiger partial charge in [0.1, 0.15) is 5.75 Å². The first kappa shape index (κ1) is 23.0. The normalized spacial score (nSPS) is 15.8. The number of aromatic amines is 1. The number of H-pyrrole nitrogens is 1. The maximum atomic E-state index is 11.5. The smallest absolute Gasteiger partial charge is 0.248 e. The fraction of sp³-hybridized carbons (Fsp3) is 0.400. The predicted octanol–water partition coefficient (Wildman–Crippen LogP) is 5.35. The third-order valence-electron chi connectivity index (χ3n) is 6.62. The second-order valence-corrected chi connectivity index (χ2v) is 9.30. The topological polar surface area (TPSA) is 45.3 Å². The van der Waals surface area contributed by atoms with Gasteiger partial charge in [0.25, 0.3) is 0 Å². The van der Waals surface area contributed by atoms with Crippen molar-refractivity contribution in [1.29, 1.82) is 0 Å². The number of fused-ring (bicyclic) bond motifs is 1. The number of rotatable bonds is 8. The fourth-order valence-corrected chi connectivity index (χ4v) is 4.94. The number of hydrogen-bond donors (Lipinski definition) is 1. The number of hydrogen-bond acceptors (Lipinski definition) is 3. The Hall–Kier alpha value is -2.21. The molecule has 1 N–H and O–H groups in total. The number of likely N-dealkylation sites (N-methyl/N-ethyl adjacent to an activating group) is 1. The van der Waals surface area contributed by atoms with Gasteiger partial charge in [0.2, 0.25) is 5.56 Å². The molecule has 1 aliphatic rings. The van der Waals surface area contributed by atoms with E-state index in [0.717, 1.165) is 78.9 Å². The van der Waals surface area contributed by atoms with Gasteiger partial charge in [0.15, 0.2) is 0 Å². The molecule has 2 heterocycles. The number of ether oxygens (including phenoxy) is 1. The Kier molecular flexibility index (Phi) is 7.29. The van der Waals surface area contributed by atoms with Gasteiger partial charge < -0.3 is 19.1 Å². The number of halogens is 2. The second-order valence-electron chi connectivity index (χ2n) is 8.52. The minimum absolute atomic E-state index is 0.0963. The van der Waals surface area contributed by atoms with Crippen molar-refractivity contribution in [2.24, 2.45) is 0 Å². The second kappa shape index (κ2) is 10.2. The number of nitrogens with zero attached hydrogens (tertiary/aromatic N) is 2. The summed E-state index contributed by atoms with van der Waals surface area (Å²) in [6.45, 7) is 9.44. The van der Waals surface area contributed by atoms with Gasteiger partial charge in [-0.2, -0.15) is 0 Å². The van der Waals surface area contributed by atoms with E-state index in [1.54, 1.807) is 6.07 Å². The van der Waals surface area contributed by atoms with E-state index < -0.39 is 0 Å². The first-order valence-corrected chi connectivity index (χ1v) is 12.1. The number of pyridine rings is 1. The zero-order valence-corrected chi connectivity index (χ0v) is 20.0. The van der Waals surface area contributed by atoms with Crippen molar-refractivity contribution < 1.29 is 9.22 Å².